The van der Waals surface area contributed by atoms with Gasteiger partial charge in [-0.15, -0.1) is 0 Å². The molecule has 0 heterocycles. The highest BCUT2D eigenvalue weighted by Gasteiger charge is 2.16. The van der Waals surface area contributed by atoms with Crippen LogP contribution in [-0.4, -0.2) is 25.5 Å². The zero-order valence-corrected chi connectivity index (χ0v) is 15.3. The first kappa shape index (κ1) is 17.6. The van der Waals surface area contributed by atoms with E-state index in [9.17, 15) is 4.79 Å². The second-order valence-electron chi connectivity index (χ2n) is 6.01. The highest BCUT2D eigenvalue weighted by molar-refractivity contribution is 9.10. The lowest BCUT2D eigenvalue weighted by Crippen LogP contribution is -2.25. The van der Waals surface area contributed by atoms with Crippen molar-refractivity contribution in [2.24, 2.45) is 0 Å². The van der Waals surface area contributed by atoms with Gasteiger partial charge in [0.2, 0.25) is 0 Å². The van der Waals surface area contributed by atoms with Crippen LogP contribution in [0.4, 0.5) is 0 Å². The van der Waals surface area contributed by atoms with Gasteiger partial charge >= 0.3 is 0 Å². The Morgan fingerprint density at radius 1 is 1.15 bits per heavy atom. The van der Waals surface area contributed by atoms with Crippen LogP contribution in [0, 0.1) is 0 Å². The van der Waals surface area contributed by atoms with Crippen LogP contribution in [0.5, 0.6) is 0 Å². The number of benzene rings is 1. The van der Waals surface area contributed by atoms with Crippen LogP contribution in [0.1, 0.15) is 36.0 Å². The molecule has 1 aromatic carbocycles. The molecule has 0 fully saturated rings. The zero-order valence-electron chi connectivity index (χ0n) is 12.7. The molecule has 0 amide bonds. The maximum Gasteiger partial charge on any atom is 0.183 e. The van der Waals surface area contributed by atoms with E-state index in [1.165, 1.54) is 0 Å². The van der Waals surface area contributed by atoms with E-state index >= 15 is 0 Å². The molecule has 0 N–H and O–H groups in total. The summed E-state index contributed by atoms with van der Waals surface area (Å²) in [6, 6.07) is 9.48. The van der Waals surface area contributed by atoms with Gasteiger partial charge in [0.05, 0.1) is 4.83 Å². The molecule has 112 valence electrons. The van der Waals surface area contributed by atoms with Gasteiger partial charge < -0.3 is 4.43 Å². The Kier molecular flexibility index (Phi) is 7.70. The molecule has 0 bridgehead atoms. The average Bonchev–Trinajstić information content (AvgIpc) is 2.41. The van der Waals surface area contributed by atoms with Gasteiger partial charge in [-0.3, -0.25) is 4.79 Å². The summed E-state index contributed by atoms with van der Waals surface area (Å²) in [4.78, 5) is 12.1. The molecule has 0 aliphatic rings. The van der Waals surface area contributed by atoms with Gasteiger partial charge in [0.1, 0.15) is 0 Å². The normalized spacial score (nSPS) is 13.2. The zero-order chi connectivity index (χ0) is 15.0. The Morgan fingerprint density at radius 2 is 1.80 bits per heavy atom. The summed E-state index contributed by atoms with van der Waals surface area (Å²) in [5.74, 6) is 0.184. The Labute approximate surface area is 132 Å². The number of ketones is 1. The summed E-state index contributed by atoms with van der Waals surface area (Å²) in [7, 11) is -1.36. The van der Waals surface area contributed by atoms with Crippen LogP contribution in [0.3, 0.4) is 0 Å². The summed E-state index contributed by atoms with van der Waals surface area (Å²) in [5, 5.41) is 0. The Balaban J connectivity index is 2.17. The SMILES string of the molecule is C[Si](C)(C)OCCCCCC(Br)C(=O)c1ccccc1. The first-order chi connectivity index (χ1) is 9.40. The van der Waals surface area contributed by atoms with Crippen LogP contribution in [0.15, 0.2) is 30.3 Å². The summed E-state index contributed by atoms with van der Waals surface area (Å²) in [6.45, 7) is 7.48. The maximum absolute atomic E-state index is 12.1. The van der Waals surface area contributed by atoms with Gasteiger partial charge in [0.25, 0.3) is 0 Å². The molecule has 1 atom stereocenters. The molecule has 2 nitrogen and oxygen atoms in total. The van der Waals surface area contributed by atoms with E-state index < -0.39 is 8.32 Å². The first-order valence-corrected chi connectivity index (χ1v) is 11.6. The number of carbonyl (C=O) groups excluding carboxylic acids is 1. The molecule has 1 aromatic rings. The highest BCUT2D eigenvalue weighted by atomic mass is 79.9. The largest absolute Gasteiger partial charge is 0.418 e. The van der Waals surface area contributed by atoms with Crippen molar-refractivity contribution < 1.29 is 9.22 Å². The molecule has 0 saturated carbocycles. The van der Waals surface area contributed by atoms with Gasteiger partial charge in [-0.1, -0.05) is 59.1 Å². The molecule has 1 unspecified atom stereocenters. The first-order valence-electron chi connectivity index (χ1n) is 7.27. The third-order valence-electron chi connectivity index (χ3n) is 2.98. The van der Waals surface area contributed by atoms with Crippen molar-refractivity contribution in [3.05, 3.63) is 35.9 Å². The van der Waals surface area contributed by atoms with E-state index in [0.29, 0.717) is 0 Å². The fourth-order valence-corrected chi connectivity index (χ4v) is 3.24. The van der Waals surface area contributed by atoms with Crippen molar-refractivity contribution in [1.82, 2.24) is 0 Å². The maximum atomic E-state index is 12.1. The number of halogens is 1. The Morgan fingerprint density at radius 3 is 2.40 bits per heavy atom. The summed E-state index contributed by atoms with van der Waals surface area (Å²) in [5.41, 5.74) is 0.788. The van der Waals surface area contributed by atoms with Crippen molar-refractivity contribution >= 4 is 30.0 Å². The van der Waals surface area contributed by atoms with Crippen molar-refractivity contribution in [2.45, 2.75) is 50.2 Å². The minimum atomic E-state index is -1.36. The van der Waals surface area contributed by atoms with Crippen molar-refractivity contribution in [3.8, 4) is 0 Å². The fraction of sp³-hybridized carbons (Fsp3) is 0.562. The molecular formula is C16H25BrO2Si. The van der Waals surface area contributed by atoms with E-state index in [4.69, 9.17) is 4.43 Å². The van der Waals surface area contributed by atoms with E-state index in [2.05, 4.69) is 35.6 Å². The van der Waals surface area contributed by atoms with Crippen molar-refractivity contribution in [3.63, 3.8) is 0 Å². The molecule has 0 spiro atoms. The third kappa shape index (κ3) is 7.36. The van der Waals surface area contributed by atoms with Crippen LogP contribution < -0.4 is 0 Å². The van der Waals surface area contributed by atoms with Crippen LogP contribution in [0.25, 0.3) is 0 Å². The van der Waals surface area contributed by atoms with Gasteiger partial charge in [-0.2, -0.15) is 0 Å². The topological polar surface area (TPSA) is 26.3 Å². The molecule has 0 aromatic heterocycles. The lowest BCUT2D eigenvalue weighted by atomic mass is 10.0. The van der Waals surface area contributed by atoms with E-state index in [1.54, 1.807) is 0 Å². The predicted octanol–water partition coefficient (Wildman–Crippen LogP) is 5.04. The van der Waals surface area contributed by atoms with Gasteiger partial charge in [-0.05, 0) is 32.5 Å². The number of alkyl halides is 1. The minimum Gasteiger partial charge on any atom is -0.418 e. The molecule has 0 saturated heterocycles. The highest BCUT2D eigenvalue weighted by Crippen LogP contribution is 2.17. The van der Waals surface area contributed by atoms with Crippen molar-refractivity contribution in [1.29, 1.82) is 0 Å². The minimum absolute atomic E-state index is 0.0668. The number of unbranched alkanes of at least 4 members (excludes halogenated alkanes) is 2. The Bertz CT molecular complexity index is 401. The number of hydrogen-bond acceptors (Lipinski definition) is 2. The molecule has 20 heavy (non-hydrogen) atoms. The molecule has 0 aliphatic heterocycles. The molecular weight excluding hydrogens is 332 g/mol. The lowest BCUT2D eigenvalue weighted by molar-refractivity contribution is 0.0988. The third-order valence-corrected chi connectivity index (χ3v) is 4.92. The average molecular weight is 357 g/mol. The summed E-state index contributed by atoms with van der Waals surface area (Å²) < 4.78 is 5.81. The molecule has 1 rings (SSSR count). The Hall–Kier alpha value is -0.453. The number of Topliss-reactive ketones (excluding diaryl/α,β-unsaturated/α-hetero) is 1. The second-order valence-corrected chi connectivity index (χ2v) is 11.6. The van der Waals surface area contributed by atoms with Crippen molar-refractivity contribution in [2.75, 3.05) is 6.61 Å². The summed E-state index contributed by atoms with van der Waals surface area (Å²) in [6.07, 6.45) is 4.16. The molecule has 0 radical (unpaired) electrons. The predicted molar refractivity (Wildman–Crippen MR) is 91.3 cm³/mol. The van der Waals surface area contributed by atoms with Crippen LogP contribution in [-0.2, 0) is 4.43 Å². The number of carbonyl (C=O) groups is 1. The van der Waals surface area contributed by atoms with Gasteiger partial charge in [-0.25, -0.2) is 0 Å². The quantitative estimate of drug-likeness (QED) is 0.268. The molecule has 0 aliphatic carbocycles. The second kappa shape index (κ2) is 8.75. The fourth-order valence-electron chi connectivity index (χ4n) is 1.90. The van der Waals surface area contributed by atoms with E-state index in [1.807, 2.05) is 30.3 Å². The summed E-state index contributed by atoms with van der Waals surface area (Å²) >= 11 is 3.51. The van der Waals surface area contributed by atoms with Gasteiger partial charge in [0.15, 0.2) is 14.1 Å². The van der Waals surface area contributed by atoms with E-state index in [-0.39, 0.29) is 10.6 Å². The van der Waals surface area contributed by atoms with Crippen LogP contribution >= 0.6 is 15.9 Å². The van der Waals surface area contributed by atoms with Gasteiger partial charge in [0, 0.05) is 12.2 Å². The molecule has 4 heteroatoms. The van der Waals surface area contributed by atoms with E-state index in [0.717, 1.165) is 37.9 Å². The number of rotatable bonds is 9. The van der Waals surface area contributed by atoms with Crippen LogP contribution in [0.2, 0.25) is 19.6 Å². The monoisotopic (exact) mass is 356 g/mol. The standard InChI is InChI=1S/C16H25BrO2Si/c1-20(2,3)19-13-9-5-8-12-15(17)16(18)14-10-6-4-7-11-14/h4,6-7,10-11,15H,5,8-9,12-13H2,1-3H3. The number of hydrogen-bond donors (Lipinski definition) is 0. The smallest absolute Gasteiger partial charge is 0.183 e. The lowest BCUT2D eigenvalue weighted by Gasteiger charge is -2.17.